The molecule has 7 heteroatoms. The van der Waals surface area contributed by atoms with Crippen molar-refractivity contribution in [1.82, 2.24) is 10.2 Å². The molecule has 1 aromatic rings. The Hall–Kier alpha value is -1.57. The summed E-state index contributed by atoms with van der Waals surface area (Å²) in [4.78, 5) is 26.7. The Bertz CT molecular complexity index is 898. The van der Waals surface area contributed by atoms with E-state index in [0.29, 0.717) is 43.3 Å². The molecule has 33 heavy (non-hydrogen) atoms. The van der Waals surface area contributed by atoms with Crippen LogP contribution in [0.3, 0.4) is 0 Å². The van der Waals surface area contributed by atoms with Crippen LogP contribution >= 0.6 is 11.3 Å². The molecule has 4 rings (SSSR count). The van der Waals surface area contributed by atoms with Crippen molar-refractivity contribution in [3.8, 4) is 0 Å². The lowest BCUT2D eigenvalue weighted by Gasteiger charge is -2.32. The van der Waals surface area contributed by atoms with E-state index in [0.717, 1.165) is 30.7 Å². The Morgan fingerprint density at radius 1 is 1.24 bits per heavy atom. The number of hydrogen-bond acceptors (Lipinski definition) is 6. The van der Waals surface area contributed by atoms with Crippen LogP contribution in [0.15, 0.2) is 9.98 Å². The van der Waals surface area contributed by atoms with Crippen molar-refractivity contribution in [2.45, 2.75) is 83.2 Å². The van der Waals surface area contributed by atoms with Gasteiger partial charge in [0.2, 0.25) is 5.91 Å². The summed E-state index contributed by atoms with van der Waals surface area (Å²) in [5.41, 5.74) is 3.84. The van der Waals surface area contributed by atoms with Gasteiger partial charge >= 0.3 is 0 Å². The molecule has 1 amide bonds. The smallest absolute Gasteiger partial charge is 0.220 e. The van der Waals surface area contributed by atoms with Gasteiger partial charge < -0.3 is 15.3 Å². The van der Waals surface area contributed by atoms with Crippen LogP contribution in [-0.4, -0.2) is 67.2 Å². The maximum atomic E-state index is 12.6. The van der Waals surface area contributed by atoms with Crippen molar-refractivity contribution in [2.75, 3.05) is 27.2 Å². The van der Waals surface area contributed by atoms with E-state index < -0.39 is 0 Å². The summed E-state index contributed by atoms with van der Waals surface area (Å²) in [7, 11) is 4.37. The normalized spacial score (nSPS) is 30.4. The molecule has 0 bridgehead atoms. The number of fused-ring (bicyclic) bond motifs is 3. The number of amides is 1. The zero-order chi connectivity index (χ0) is 23.5. The van der Waals surface area contributed by atoms with E-state index in [1.807, 2.05) is 11.3 Å². The predicted molar refractivity (Wildman–Crippen MR) is 137 cm³/mol. The summed E-state index contributed by atoms with van der Waals surface area (Å²) >= 11 is 1.81. The minimum atomic E-state index is 0.0836. The van der Waals surface area contributed by atoms with Crippen molar-refractivity contribution in [1.29, 1.82) is 0 Å². The molecule has 1 fully saturated rings. The SMILES string of the molecule is CC1C=Nc2sc3c(c2C(=NC2CCC(N(C)C)CC2)C1C)C(CC(=O)NCCCO)CC3. The lowest BCUT2D eigenvalue weighted by Crippen LogP contribution is -2.34. The van der Waals surface area contributed by atoms with Crippen molar-refractivity contribution >= 4 is 34.2 Å². The minimum absolute atomic E-state index is 0.0836. The number of aliphatic hydroxyl groups is 1. The van der Waals surface area contributed by atoms with E-state index in [4.69, 9.17) is 15.1 Å². The highest BCUT2D eigenvalue weighted by Crippen LogP contribution is 2.49. The molecule has 0 spiro atoms. The van der Waals surface area contributed by atoms with Crippen LogP contribution in [-0.2, 0) is 11.2 Å². The zero-order valence-electron chi connectivity index (χ0n) is 20.6. The number of aliphatic imine (C=N–C) groups is 2. The van der Waals surface area contributed by atoms with Crippen LogP contribution in [0.1, 0.15) is 80.7 Å². The second-order valence-electron chi connectivity index (χ2n) is 10.4. The Balaban J connectivity index is 1.61. The fraction of sp³-hybridized carbons (Fsp3) is 0.731. The summed E-state index contributed by atoms with van der Waals surface area (Å²) in [6.07, 6.45) is 9.98. The van der Waals surface area contributed by atoms with E-state index in [1.165, 1.54) is 34.6 Å². The third-order valence-electron chi connectivity index (χ3n) is 7.84. The van der Waals surface area contributed by atoms with E-state index in [9.17, 15) is 4.79 Å². The lowest BCUT2D eigenvalue weighted by atomic mass is 9.84. The highest BCUT2D eigenvalue weighted by molar-refractivity contribution is 7.16. The van der Waals surface area contributed by atoms with Crippen LogP contribution in [0.25, 0.3) is 0 Å². The third-order valence-corrected chi connectivity index (χ3v) is 9.02. The molecule has 6 nitrogen and oxygen atoms in total. The Morgan fingerprint density at radius 3 is 2.70 bits per heavy atom. The fourth-order valence-corrected chi connectivity index (χ4v) is 6.83. The van der Waals surface area contributed by atoms with Gasteiger partial charge in [0, 0.05) is 53.9 Å². The minimum Gasteiger partial charge on any atom is -0.396 e. The molecule has 1 aliphatic heterocycles. The molecule has 3 atom stereocenters. The largest absolute Gasteiger partial charge is 0.396 e. The molecule has 0 aromatic carbocycles. The Kier molecular flexibility index (Phi) is 8.03. The molecule has 2 heterocycles. The molecule has 1 saturated carbocycles. The van der Waals surface area contributed by atoms with E-state index in [2.05, 4.69) is 44.4 Å². The van der Waals surface area contributed by atoms with Crippen LogP contribution in [0, 0.1) is 11.8 Å². The van der Waals surface area contributed by atoms with Crippen LogP contribution in [0.5, 0.6) is 0 Å². The number of carbonyl (C=O) groups is 1. The Labute approximate surface area is 202 Å². The summed E-state index contributed by atoms with van der Waals surface area (Å²) in [5.74, 6) is 0.985. The highest BCUT2D eigenvalue weighted by atomic mass is 32.1. The average molecular weight is 473 g/mol. The van der Waals surface area contributed by atoms with Crippen molar-refractivity contribution < 1.29 is 9.90 Å². The van der Waals surface area contributed by atoms with Crippen molar-refractivity contribution in [2.24, 2.45) is 21.8 Å². The quantitative estimate of drug-likeness (QED) is 0.580. The molecular weight excluding hydrogens is 432 g/mol. The molecule has 3 aliphatic rings. The summed E-state index contributed by atoms with van der Waals surface area (Å²) in [6, 6.07) is 1.05. The standard InChI is InChI=1S/C26H40N4O2S/c1-16-15-28-26-24(25(17(16)2)29-19-7-9-20(10-8-19)30(3)4)23-18(6-11-21(23)33-26)14-22(32)27-12-5-13-31/h15-20,31H,5-14H2,1-4H3,(H,27,32). The number of rotatable bonds is 7. The molecule has 0 radical (unpaired) electrons. The fourth-order valence-electron chi connectivity index (χ4n) is 5.56. The molecule has 1 aromatic heterocycles. The van der Waals surface area contributed by atoms with Gasteiger partial charge in [-0.3, -0.25) is 9.79 Å². The van der Waals surface area contributed by atoms with Gasteiger partial charge in [0.15, 0.2) is 0 Å². The molecule has 2 aliphatic carbocycles. The number of carbonyl (C=O) groups excluding carboxylic acids is 1. The summed E-state index contributed by atoms with van der Waals surface area (Å²) in [5, 5.41) is 13.1. The van der Waals surface area contributed by atoms with Crippen molar-refractivity contribution in [3.05, 3.63) is 16.0 Å². The van der Waals surface area contributed by atoms with Gasteiger partial charge in [0.25, 0.3) is 0 Å². The molecule has 0 saturated heterocycles. The van der Waals surface area contributed by atoms with Crippen LogP contribution in [0.4, 0.5) is 5.00 Å². The van der Waals surface area contributed by atoms with Gasteiger partial charge in [-0.1, -0.05) is 13.8 Å². The second kappa shape index (κ2) is 10.8. The maximum Gasteiger partial charge on any atom is 0.220 e. The zero-order valence-corrected chi connectivity index (χ0v) is 21.5. The first-order chi connectivity index (χ1) is 15.9. The topological polar surface area (TPSA) is 77.3 Å². The summed E-state index contributed by atoms with van der Waals surface area (Å²) in [6.45, 7) is 5.19. The Morgan fingerprint density at radius 2 is 2.00 bits per heavy atom. The van der Waals surface area contributed by atoms with Gasteiger partial charge in [-0.2, -0.15) is 0 Å². The molecule has 182 valence electrons. The van der Waals surface area contributed by atoms with E-state index >= 15 is 0 Å². The average Bonchev–Trinajstić information content (AvgIpc) is 3.32. The number of aliphatic hydroxyl groups excluding tert-OH is 1. The van der Waals surface area contributed by atoms with Gasteiger partial charge in [0.1, 0.15) is 5.00 Å². The number of hydrogen-bond donors (Lipinski definition) is 2. The van der Waals surface area contributed by atoms with Crippen molar-refractivity contribution in [3.63, 3.8) is 0 Å². The maximum absolute atomic E-state index is 12.6. The highest BCUT2D eigenvalue weighted by Gasteiger charge is 2.37. The number of aryl methyl sites for hydroxylation is 1. The molecule has 2 N–H and O–H groups in total. The number of nitrogens with one attached hydrogen (secondary N) is 1. The second-order valence-corrected chi connectivity index (χ2v) is 11.4. The first-order valence-corrected chi connectivity index (χ1v) is 13.5. The first kappa shape index (κ1) is 24.6. The van der Waals surface area contributed by atoms with Crippen LogP contribution < -0.4 is 5.32 Å². The number of thiophene rings is 1. The van der Waals surface area contributed by atoms with Gasteiger partial charge in [-0.05, 0) is 76.4 Å². The summed E-state index contributed by atoms with van der Waals surface area (Å²) < 4.78 is 0. The van der Waals surface area contributed by atoms with E-state index in [1.54, 1.807) is 0 Å². The predicted octanol–water partition coefficient (Wildman–Crippen LogP) is 4.32. The van der Waals surface area contributed by atoms with E-state index in [-0.39, 0.29) is 18.4 Å². The lowest BCUT2D eigenvalue weighted by molar-refractivity contribution is -0.121. The number of nitrogens with zero attached hydrogens (tertiary/aromatic N) is 3. The first-order valence-electron chi connectivity index (χ1n) is 12.7. The molecule has 3 unspecified atom stereocenters. The molecular formula is C26H40N4O2S. The monoisotopic (exact) mass is 472 g/mol. The van der Waals surface area contributed by atoms with Gasteiger partial charge in [-0.15, -0.1) is 11.3 Å². The van der Waals surface area contributed by atoms with Crippen LogP contribution in [0.2, 0.25) is 0 Å². The third kappa shape index (κ3) is 5.41. The van der Waals surface area contributed by atoms with Gasteiger partial charge in [0.05, 0.1) is 6.04 Å². The van der Waals surface area contributed by atoms with Gasteiger partial charge in [-0.25, -0.2) is 4.99 Å².